The van der Waals surface area contributed by atoms with Crippen molar-refractivity contribution in [2.75, 3.05) is 20.6 Å². The van der Waals surface area contributed by atoms with Crippen molar-refractivity contribution in [2.45, 2.75) is 118 Å². The van der Waals surface area contributed by atoms with Crippen LogP contribution >= 0.6 is 11.3 Å². The second-order valence-corrected chi connectivity index (χ2v) is 15.4. The molecule has 274 valence electrons. The Bertz CT molecular complexity index is 1220. The molecule has 6 N–H and O–H groups in total. The van der Waals surface area contributed by atoms with Crippen molar-refractivity contribution in [1.82, 2.24) is 36.7 Å². The van der Waals surface area contributed by atoms with Gasteiger partial charge in [-0.15, -0.1) is 11.3 Å². The molecule has 0 aromatic carbocycles. The summed E-state index contributed by atoms with van der Waals surface area (Å²) in [6, 6.07) is -2.74. The maximum absolute atomic E-state index is 13.7. The van der Waals surface area contributed by atoms with Gasteiger partial charge in [0.15, 0.2) is 0 Å². The Morgan fingerprint density at radius 3 is 2.00 bits per heavy atom. The topological polar surface area (TPSA) is 191 Å². The minimum atomic E-state index is -1.19. The molecule has 1 heterocycles. The van der Waals surface area contributed by atoms with Crippen molar-refractivity contribution in [3.8, 4) is 0 Å². The van der Waals surface area contributed by atoms with Crippen LogP contribution in [0.2, 0.25) is 0 Å². The summed E-state index contributed by atoms with van der Waals surface area (Å²) >= 11 is 1.45. The number of nitrogens with zero attached hydrogens (tertiary/aromatic N) is 2. The van der Waals surface area contributed by atoms with Crippen molar-refractivity contribution in [3.63, 3.8) is 0 Å². The van der Waals surface area contributed by atoms with E-state index in [1.807, 2.05) is 40.0 Å². The lowest BCUT2D eigenvalue weighted by molar-refractivity contribution is -0.134. The molecule has 0 saturated heterocycles. The second kappa shape index (κ2) is 19.6. The highest BCUT2D eigenvalue weighted by Crippen LogP contribution is 2.18. The smallest absolute Gasteiger partial charge is 0.407 e. The van der Waals surface area contributed by atoms with E-state index in [4.69, 9.17) is 4.74 Å². The van der Waals surface area contributed by atoms with Crippen molar-refractivity contribution in [3.05, 3.63) is 16.1 Å². The first kappa shape index (κ1) is 42.7. The molecule has 15 heteroatoms. The van der Waals surface area contributed by atoms with E-state index in [1.165, 1.54) is 16.3 Å². The fourth-order valence-electron chi connectivity index (χ4n) is 4.73. The van der Waals surface area contributed by atoms with Gasteiger partial charge in [-0.2, -0.15) is 0 Å². The molecule has 0 unspecified atom stereocenters. The van der Waals surface area contributed by atoms with Crippen LogP contribution in [0.4, 0.5) is 4.79 Å². The molecule has 0 spiro atoms. The third kappa shape index (κ3) is 16.2. The Balaban J connectivity index is 3.10. The molecule has 1 rings (SSSR count). The minimum absolute atomic E-state index is 0.00106. The molecular weight excluding hydrogens is 638 g/mol. The number of ether oxygens (including phenoxy) is 1. The van der Waals surface area contributed by atoms with E-state index >= 15 is 0 Å². The predicted molar refractivity (Wildman–Crippen MR) is 186 cm³/mol. The summed E-state index contributed by atoms with van der Waals surface area (Å²) < 4.78 is 5.31. The summed E-state index contributed by atoms with van der Waals surface area (Å²) in [5.74, 6) is -3.12. The number of aliphatic hydroxyl groups is 1. The van der Waals surface area contributed by atoms with Gasteiger partial charge >= 0.3 is 6.09 Å². The molecule has 1 aromatic heterocycles. The SMILES string of the molecule is Cc1csc(C[C@H](C)C(=O)N[C@@H](CNC(=O)OC(C)(C)C)C(=O)N[C@@H](CC(C)C)[C@@H](O)C[C@@H](C)C(=O)N[C@H](C(=O)NN(C)C)C(C)C)n1. The van der Waals surface area contributed by atoms with E-state index in [1.54, 1.807) is 48.7 Å². The Hall–Kier alpha value is -3.30. The van der Waals surface area contributed by atoms with E-state index in [0.29, 0.717) is 12.8 Å². The molecule has 1 aromatic rings. The third-order valence-electron chi connectivity index (χ3n) is 7.22. The monoisotopic (exact) mass is 697 g/mol. The van der Waals surface area contributed by atoms with Crippen LogP contribution in [0.5, 0.6) is 0 Å². The minimum Gasteiger partial charge on any atom is -0.444 e. The van der Waals surface area contributed by atoms with Gasteiger partial charge in [0.2, 0.25) is 17.7 Å². The van der Waals surface area contributed by atoms with Crippen LogP contribution in [-0.4, -0.2) is 95.3 Å². The number of carbonyl (C=O) groups is 5. The molecule has 48 heavy (non-hydrogen) atoms. The van der Waals surface area contributed by atoms with Crippen molar-refractivity contribution < 1.29 is 33.8 Å². The first-order chi connectivity index (χ1) is 22.1. The van der Waals surface area contributed by atoms with Crippen LogP contribution in [0.15, 0.2) is 5.38 Å². The predicted octanol–water partition coefficient (Wildman–Crippen LogP) is 2.29. The first-order valence-electron chi connectivity index (χ1n) is 16.5. The Morgan fingerprint density at radius 1 is 0.896 bits per heavy atom. The number of aromatic nitrogens is 1. The van der Waals surface area contributed by atoms with Gasteiger partial charge in [0, 0.05) is 43.4 Å². The lowest BCUT2D eigenvalue weighted by Gasteiger charge is -2.30. The average Bonchev–Trinajstić information content (AvgIpc) is 3.35. The number of alkyl carbamates (subject to hydrolysis) is 1. The molecule has 0 saturated carbocycles. The fourth-order valence-corrected chi connectivity index (χ4v) is 5.63. The van der Waals surface area contributed by atoms with E-state index < -0.39 is 65.5 Å². The zero-order valence-electron chi connectivity index (χ0n) is 30.7. The summed E-state index contributed by atoms with van der Waals surface area (Å²) in [5, 5.41) is 26.4. The number of hydrazine groups is 1. The third-order valence-corrected chi connectivity index (χ3v) is 8.21. The number of amides is 5. The lowest BCUT2D eigenvalue weighted by Crippen LogP contribution is -2.57. The fraction of sp³-hybridized carbons (Fsp3) is 0.758. The number of carbonyl (C=O) groups excluding carboxylic acids is 5. The van der Waals surface area contributed by atoms with Crippen LogP contribution in [0.25, 0.3) is 0 Å². The Labute approximate surface area is 289 Å². The van der Waals surface area contributed by atoms with Crippen LogP contribution in [0, 0.1) is 30.6 Å². The maximum atomic E-state index is 13.7. The molecule has 0 bridgehead atoms. The average molecular weight is 698 g/mol. The van der Waals surface area contributed by atoms with Crippen LogP contribution < -0.4 is 26.7 Å². The van der Waals surface area contributed by atoms with E-state index in [0.717, 1.165) is 10.7 Å². The summed E-state index contributed by atoms with van der Waals surface area (Å²) in [6.45, 7) is 17.6. The first-order valence-corrected chi connectivity index (χ1v) is 17.4. The standard InChI is InChI=1S/C33H59N7O7S/c1-18(2)13-23(25(41)14-20(5)29(43)38-27(19(3)4)31(45)39-40(11)12)36-30(44)24(16-34-32(46)47-33(8,9)10)37-28(42)21(6)15-26-35-22(7)17-48-26/h17-21,23-25,27,41H,13-16H2,1-12H3,(H,34,46)(H,36,44)(H,37,42)(H,38,43)(H,39,45)/t20-,21+,23+,24+,25+,27+/m1/s1. The van der Waals surface area contributed by atoms with Gasteiger partial charge in [-0.25, -0.2) is 14.8 Å². The van der Waals surface area contributed by atoms with Gasteiger partial charge in [-0.3, -0.25) is 24.6 Å². The quantitative estimate of drug-likeness (QED) is 0.125. The van der Waals surface area contributed by atoms with Crippen molar-refractivity contribution in [2.24, 2.45) is 23.7 Å². The molecule has 6 atom stereocenters. The van der Waals surface area contributed by atoms with Crippen molar-refractivity contribution >= 4 is 41.1 Å². The van der Waals surface area contributed by atoms with E-state index in [-0.39, 0.29) is 30.7 Å². The largest absolute Gasteiger partial charge is 0.444 e. The highest BCUT2D eigenvalue weighted by atomic mass is 32.1. The molecule has 5 amide bonds. The summed E-state index contributed by atoms with van der Waals surface area (Å²) in [4.78, 5) is 69.5. The van der Waals surface area contributed by atoms with Gasteiger partial charge in [-0.1, -0.05) is 41.5 Å². The van der Waals surface area contributed by atoms with Crippen LogP contribution in [-0.2, 0) is 30.3 Å². The van der Waals surface area contributed by atoms with Gasteiger partial charge in [-0.05, 0) is 52.4 Å². The summed E-state index contributed by atoms with van der Waals surface area (Å²) in [7, 11) is 3.35. The van der Waals surface area contributed by atoms with E-state index in [2.05, 4.69) is 31.7 Å². The number of thiazole rings is 1. The molecule has 0 fully saturated rings. The highest BCUT2D eigenvalue weighted by Gasteiger charge is 2.33. The van der Waals surface area contributed by atoms with Crippen LogP contribution in [0.3, 0.4) is 0 Å². The Morgan fingerprint density at radius 2 is 1.50 bits per heavy atom. The van der Waals surface area contributed by atoms with Crippen LogP contribution in [0.1, 0.15) is 85.9 Å². The number of hydrogen-bond acceptors (Lipinski definition) is 10. The van der Waals surface area contributed by atoms with Crippen molar-refractivity contribution in [1.29, 1.82) is 0 Å². The molecular formula is C33H59N7O7S. The molecule has 0 aliphatic carbocycles. The zero-order valence-corrected chi connectivity index (χ0v) is 31.5. The van der Waals surface area contributed by atoms with Gasteiger partial charge in [0.05, 0.1) is 23.7 Å². The molecule has 0 aliphatic heterocycles. The zero-order chi connectivity index (χ0) is 36.9. The van der Waals surface area contributed by atoms with Gasteiger partial charge in [0.25, 0.3) is 5.91 Å². The number of rotatable bonds is 18. The normalized spacial score (nSPS) is 15.6. The second-order valence-electron chi connectivity index (χ2n) is 14.5. The maximum Gasteiger partial charge on any atom is 0.407 e. The number of aliphatic hydroxyl groups excluding tert-OH is 1. The molecule has 14 nitrogen and oxygen atoms in total. The number of hydrogen-bond donors (Lipinski definition) is 6. The molecule has 0 radical (unpaired) electrons. The lowest BCUT2D eigenvalue weighted by atomic mass is 9.91. The van der Waals surface area contributed by atoms with E-state index in [9.17, 15) is 29.1 Å². The molecule has 0 aliphatic rings. The Kier molecular flexibility index (Phi) is 17.5. The van der Waals surface area contributed by atoms with Gasteiger partial charge < -0.3 is 31.1 Å². The number of nitrogens with one attached hydrogen (secondary N) is 5. The van der Waals surface area contributed by atoms with Gasteiger partial charge in [0.1, 0.15) is 17.7 Å². The number of aryl methyl sites for hydroxylation is 1. The summed E-state index contributed by atoms with van der Waals surface area (Å²) in [5.41, 5.74) is 2.75. The summed E-state index contributed by atoms with van der Waals surface area (Å²) in [6.07, 6.45) is -1.13. The highest BCUT2D eigenvalue weighted by molar-refractivity contribution is 7.09.